The Labute approximate surface area is 116 Å². The second-order valence-electron chi connectivity index (χ2n) is 4.94. The smallest absolute Gasteiger partial charge is 0.262 e. The zero-order chi connectivity index (χ0) is 14.9. The third kappa shape index (κ3) is 2.67. The molecule has 108 valence electrons. The van der Waals surface area contributed by atoms with Crippen molar-refractivity contribution in [3.8, 4) is 5.75 Å². The molecule has 0 spiro atoms. The van der Waals surface area contributed by atoms with Crippen molar-refractivity contribution in [2.75, 3.05) is 30.1 Å². The lowest BCUT2D eigenvalue weighted by Crippen LogP contribution is -2.39. The molecule has 0 saturated carbocycles. The van der Waals surface area contributed by atoms with Gasteiger partial charge in [-0.25, -0.2) is 0 Å². The maximum Gasteiger partial charge on any atom is 0.262 e. The van der Waals surface area contributed by atoms with Crippen LogP contribution < -0.4 is 21.1 Å². The van der Waals surface area contributed by atoms with Gasteiger partial charge in [0.05, 0.1) is 17.1 Å². The Kier molecular flexibility index (Phi) is 3.54. The molecule has 1 aliphatic heterocycles. The molecule has 0 atom stereocenters. The van der Waals surface area contributed by atoms with Crippen molar-refractivity contribution in [2.45, 2.75) is 19.4 Å². The molecule has 0 bridgehead atoms. The van der Waals surface area contributed by atoms with E-state index < -0.39 is 5.60 Å². The molecule has 1 aromatic rings. The number of carbonyl (C=O) groups excluding carboxylic acids is 2. The van der Waals surface area contributed by atoms with Gasteiger partial charge in [-0.1, -0.05) is 0 Å². The zero-order valence-electron chi connectivity index (χ0n) is 11.6. The Morgan fingerprint density at radius 2 is 2.20 bits per heavy atom. The van der Waals surface area contributed by atoms with Crippen LogP contribution in [0.25, 0.3) is 0 Å². The van der Waals surface area contributed by atoms with Gasteiger partial charge in [0.15, 0.2) is 6.61 Å². The van der Waals surface area contributed by atoms with E-state index in [-0.39, 0.29) is 18.4 Å². The van der Waals surface area contributed by atoms with Crippen molar-refractivity contribution in [1.29, 1.82) is 0 Å². The second kappa shape index (κ2) is 5.01. The predicted octanol–water partition coefficient (Wildman–Crippen LogP) is 0.963. The average Bonchev–Trinajstić information content (AvgIpc) is 2.40. The van der Waals surface area contributed by atoms with E-state index in [1.165, 1.54) is 7.11 Å². The molecule has 7 nitrogen and oxygen atoms in total. The first-order valence-electron chi connectivity index (χ1n) is 6.06. The number of hydrogen-bond donors (Lipinski definition) is 3. The zero-order valence-corrected chi connectivity index (χ0v) is 11.6. The van der Waals surface area contributed by atoms with Crippen LogP contribution in [0.5, 0.6) is 5.75 Å². The highest BCUT2D eigenvalue weighted by molar-refractivity contribution is 6.02. The van der Waals surface area contributed by atoms with Gasteiger partial charge in [0.25, 0.3) is 11.8 Å². The van der Waals surface area contributed by atoms with E-state index in [4.69, 9.17) is 15.2 Å². The first-order chi connectivity index (χ1) is 9.33. The van der Waals surface area contributed by atoms with E-state index in [1.54, 1.807) is 26.0 Å². The molecule has 0 aliphatic carbocycles. The van der Waals surface area contributed by atoms with Gasteiger partial charge in [-0.05, 0) is 19.9 Å². The first kappa shape index (κ1) is 14.1. The Morgan fingerprint density at radius 1 is 1.50 bits per heavy atom. The average molecular weight is 279 g/mol. The molecule has 20 heavy (non-hydrogen) atoms. The molecule has 0 aromatic heterocycles. The predicted molar refractivity (Wildman–Crippen MR) is 74.7 cm³/mol. The van der Waals surface area contributed by atoms with Crippen LogP contribution in [0.15, 0.2) is 12.1 Å². The number of anilines is 3. The van der Waals surface area contributed by atoms with Crippen LogP contribution in [0, 0.1) is 0 Å². The highest BCUT2D eigenvalue weighted by Crippen LogP contribution is 2.35. The minimum atomic E-state index is -0.984. The lowest BCUT2D eigenvalue weighted by molar-refractivity contribution is -0.133. The van der Waals surface area contributed by atoms with E-state index in [2.05, 4.69) is 10.6 Å². The van der Waals surface area contributed by atoms with Crippen molar-refractivity contribution in [2.24, 2.45) is 0 Å². The van der Waals surface area contributed by atoms with E-state index >= 15 is 0 Å². The van der Waals surface area contributed by atoms with Gasteiger partial charge in [0.2, 0.25) is 0 Å². The number of ether oxygens (including phenoxy) is 2. The summed E-state index contributed by atoms with van der Waals surface area (Å²) >= 11 is 0. The van der Waals surface area contributed by atoms with Gasteiger partial charge in [-0.15, -0.1) is 0 Å². The third-order valence-corrected chi connectivity index (χ3v) is 3.09. The number of fused-ring (bicyclic) bond motifs is 1. The van der Waals surface area contributed by atoms with E-state index in [9.17, 15) is 9.59 Å². The normalized spacial score (nSPS) is 14.1. The van der Waals surface area contributed by atoms with Gasteiger partial charge in [-0.2, -0.15) is 0 Å². The standard InChI is InChI=1S/C13H17N3O4/c1-13(2,19-3)12(18)16-8-5-9-10(4-7(8)14)20-6-11(17)15-9/h4-5H,6,14H2,1-3H3,(H,15,17)(H,16,18). The number of benzene rings is 1. The summed E-state index contributed by atoms with van der Waals surface area (Å²) in [5, 5.41) is 5.32. The molecule has 0 radical (unpaired) electrons. The Balaban J connectivity index is 2.27. The van der Waals surface area contributed by atoms with Crippen molar-refractivity contribution in [3.05, 3.63) is 12.1 Å². The third-order valence-electron chi connectivity index (χ3n) is 3.09. The van der Waals surface area contributed by atoms with Crippen LogP contribution >= 0.6 is 0 Å². The number of hydrogen-bond acceptors (Lipinski definition) is 5. The molecule has 1 heterocycles. The minimum absolute atomic E-state index is 0.0468. The highest BCUT2D eigenvalue weighted by Gasteiger charge is 2.28. The highest BCUT2D eigenvalue weighted by atomic mass is 16.5. The van der Waals surface area contributed by atoms with Crippen LogP contribution in [0.2, 0.25) is 0 Å². The molecule has 2 rings (SSSR count). The molecule has 1 aliphatic rings. The summed E-state index contributed by atoms with van der Waals surface area (Å²) in [6, 6.07) is 3.12. The molecule has 7 heteroatoms. The lowest BCUT2D eigenvalue weighted by atomic mass is 10.1. The van der Waals surface area contributed by atoms with E-state index in [0.717, 1.165) is 0 Å². The molecule has 2 amide bonds. The van der Waals surface area contributed by atoms with Crippen LogP contribution in [0.4, 0.5) is 17.1 Å². The second-order valence-corrected chi connectivity index (χ2v) is 4.94. The molecule has 0 saturated heterocycles. The maximum atomic E-state index is 12.0. The molecule has 1 aromatic carbocycles. The molecule has 0 fully saturated rings. The van der Waals surface area contributed by atoms with Gasteiger partial charge in [0.1, 0.15) is 11.4 Å². The SMILES string of the molecule is COC(C)(C)C(=O)Nc1cc2c(cc1N)OCC(=O)N2. The molecule has 0 unspecified atom stereocenters. The number of nitrogen functional groups attached to an aromatic ring is 1. The van der Waals surface area contributed by atoms with Gasteiger partial charge in [-0.3, -0.25) is 9.59 Å². The molecular formula is C13H17N3O4. The van der Waals surface area contributed by atoms with Gasteiger partial charge in [0, 0.05) is 13.2 Å². The number of rotatable bonds is 3. The van der Waals surface area contributed by atoms with Crippen molar-refractivity contribution >= 4 is 28.9 Å². The quantitative estimate of drug-likeness (QED) is 0.715. The summed E-state index contributed by atoms with van der Waals surface area (Å²) in [4.78, 5) is 23.3. The Morgan fingerprint density at radius 3 is 2.85 bits per heavy atom. The fourth-order valence-electron chi connectivity index (χ4n) is 1.62. The number of amides is 2. The maximum absolute atomic E-state index is 12.0. The molecular weight excluding hydrogens is 262 g/mol. The minimum Gasteiger partial charge on any atom is -0.482 e. The number of carbonyl (C=O) groups is 2. The summed E-state index contributed by atoms with van der Waals surface area (Å²) in [7, 11) is 1.45. The number of nitrogens with two attached hydrogens (primary N) is 1. The topological polar surface area (TPSA) is 103 Å². The van der Waals surface area contributed by atoms with E-state index in [0.29, 0.717) is 22.8 Å². The van der Waals surface area contributed by atoms with Crippen LogP contribution in [-0.4, -0.2) is 31.1 Å². The van der Waals surface area contributed by atoms with Crippen LogP contribution in [-0.2, 0) is 14.3 Å². The monoisotopic (exact) mass is 279 g/mol. The largest absolute Gasteiger partial charge is 0.482 e. The van der Waals surface area contributed by atoms with E-state index in [1.807, 2.05) is 0 Å². The first-order valence-corrected chi connectivity index (χ1v) is 6.06. The lowest BCUT2D eigenvalue weighted by Gasteiger charge is -2.24. The van der Waals surface area contributed by atoms with Crippen LogP contribution in [0.3, 0.4) is 0 Å². The number of nitrogens with one attached hydrogen (secondary N) is 2. The summed E-state index contributed by atoms with van der Waals surface area (Å²) < 4.78 is 10.3. The van der Waals surface area contributed by atoms with Crippen LogP contribution in [0.1, 0.15) is 13.8 Å². The van der Waals surface area contributed by atoms with Gasteiger partial charge >= 0.3 is 0 Å². The Hall–Kier alpha value is -2.28. The van der Waals surface area contributed by atoms with Crippen molar-refractivity contribution in [3.63, 3.8) is 0 Å². The van der Waals surface area contributed by atoms with Crippen molar-refractivity contribution < 1.29 is 19.1 Å². The summed E-state index contributed by atoms with van der Waals surface area (Å²) in [6.45, 7) is 3.23. The fraction of sp³-hybridized carbons (Fsp3) is 0.385. The van der Waals surface area contributed by atoms with Gasteiger partial charge < -0.3 is 25.8 Å². The molecule has 4 N–H and O–H groups in total. The fourth-order valence-corrected chi connectivity index (χ4v) is 1.62. The summed E-state index contributed by atoms with van der Waals surface area (Å²) in [5.74, 6) is -0.113. The summed E-state index contributed by atoms with van der Waals surface area (Å²) in [5.41, 5.74) is 6.09. The number of methoxy groups -OCH3 is 1. The Bertz CT molecular complexity index is 569. The van der Waals surface area contributed by atoms with Crippen molar-refractivity contribution in [1.82, 2.24) is 0 Å². The summed E-state index contributed by atoms with van der Waals surface area (Å²) in [6.07, 6.45) is 0.